The number of carbonyl (C=O) groups excluding carboxylic acids is 1. The van der Waals surface area contributed by atoms with Crippen LogP contribution in [0.3, 0.4) is 0 Å². The molecule has 0 unspecified atom stereocenters. The van der Waals surface area contributed by atoms with Gasteiger partial charge in [0.05, 0.1) is 11.9 Å². The highest BCUT2D eigenvalue weighted by atomic mass is 16.6. The largest absolute Gasteiger partial charge is 0.378 e. The second kappa shape index (κ2) is 10.2. The van der Waals surface area contributed by atoms with Gasteiger partial charge in [0.2, 0.25) is 11.6 Å². The van der Waals surface area contributed by atoms with Crippen molar-refractivity contribution in [2.45, 2.75) is 33.2 Å². The normalized spacial score (nSPS) is 11.4. The summed E-state index contributed by atoms with van der Waals surface area (Å²) in [5, 5.41) is 19.4. The van der Waals surface area contributed by atoms with Crippen molar-refractivity contribution >= 4 is 17.9 Å². The number of hydrazone groups is 1. The van der Waals surface area contributed by atoms with E-state index in [9.17, 15) is 4.79 Å². The van der Waals surface area contributed by atoms with E-state index in [4.69, 9.17) is 5.73 Å². The molecule has 0 atom stereocenters. The minimum Gasteiger partial charge on any atom is -0.378 e. The van der Waals surface area contributed by atoms with Crippen molar-refractivity contribution < 1.29 is 9.42 Å². The Morgan fingerprint density at radius 3 is 2.77 bits per heavy atom. The van der Waals surface area contributed by atoms with E-state index in [-0.39, 0.29) is 17.3 Å². The highest BCUT2D eigenvalue weighted by Crippen LogP contribution is 2.18. The highest BCUT2D eigenvalue weighted by molar-refractivity contribution is 5.94. The van der Waals surface area contributed by atoms with Crippen LogP contribution >= 0.6 is 0 Å². The van der Waals surface area contributed by atoms with Gasteiger partial charge in [-0.05, 0) is 42.3 Å². The number of hydrogen-bond donors (Lipinski definition) is 2. The van der Waals surface area contributed by atoms with Gasteiger partial charge < -0.3 is 5.73 Å². The van der Waals surface area contributed by atoms with Gasteiger partial charge in [-0.25, -0.2) is 10.1 Å². The SMILES string of the molecule is CCCN(CCC)Cc1c(C(=O)N/N=C/c2cccnc2)nnn1-c1nonc1N. The van der Waals surface area contributed by atoms with Crippen molar-refractivity contribution in [3.8, 4) is 5.82 Å². The molecule has 0 aliphatic rings. The first-order valence-corrected chi connectivity index (χ1v) is 9.62. The van der Waals surface area contributed by atoms with Crippen LogP contribution in [0.4, 0.5) is 5.82 Å². The van der Waals surface area contributed by atoms with Crippen LogP contribution in [0.25, 0.3) is 5.82 Å². The van der Waals surface area contributed by atoms with E-state index in [1.807, 2.05) is 6.07 Å². The zero-order valence-electron chi connectivity index (χ0n) is 16.9. The molecule has 1 amide bonds. The first kappa shape index (κ1) is 21.0. The first-order valence-electron chi connectivity index (χ1n) is 9.62. The lowest BCUT2D eigenvalue weighted by Crippen LogP contribution is -2.28. The molecule has 0 aliphatic carbocycles. The second-order valence-corrected chi connectivity index (χ2v) is 6.53. The average Bonchev–Trinajstić information content (AvgIpc) is 3.35. The smallest absolute Gasteiger partial charge is 0.293 e. The predicted molar refractivity (Wildman–Crippen MR) is 109 cm³/mol. The summed E-state index contributed by atoms with van der Waals surface area (Å²) in [6.45, 7) is 6.32. The number of amides is 1. The summed E-state index contributed by atoms with van der Waals surface area (Å²) in [6.07, 6.45) is 6.71. The van der Waals surface area contributed by atoms with Crippen molar-refractivity contribution in [2.24, 2.45) is 5.10 Å². The van der Waals surface area contributed by atoms with E-state index in [0.29, 0.717) is 12.2 Å². The lowest BCUT2D eigenvalue weighted by molar-refractivity contribution is 0.0947. The van der Waals surface area contributed by atoms with Gasteiger partial charge in [0.1, 0.15) is 0 Å². The number of hydrogen-bond acceptors (Lipinski definition) is 10. The van der Waals surface area contributed by atoms with Crippen LogP contribution < -0.4 is 11.2 Å². The Hall–Kier alpha value is -3.67. The summed E-state index contributed by atoms with van der Waals surface area (Å²) in [5.74, 6) is -0.261. The topological polar surface area (TPSA) is 153 Å². The van der Waals surface area contributed by atoms with Gasteiger partial charge in [0.25, 0.3) is 5.91 Å². The van der Waals surface area contributed by atoms with Gasteiger partial charge in [-0.15, -0.1) is 5.10 Å². The van der Waals surface area contributed by atoms with Gasteiger partial charge >= 0.3 is 0 Å². The fourth-order valence-electron chi connectivity index (χ4n) is 2.91. The van der Waals surface area contributed by atoms with E-state index >= 15 is 0 Å². The first-order chi connectivity index (χ1) is 14.6. The molecule has 0 radical (unpaired) electrons. The monoisotopic (exact) mass is 412 g/mol. The Bertz CT molecular complexity index is 976. The molecule has 0 bridgehead atoms. The number of nitrogen functional groups attached to an aromatic ring is 1. The minimum atomic E-state index is -0.501. The second-order valence-electron chi connectivity index (χ2n) is 6.53. The van der Waals surface area contributed by atoms with Crippen molar-refractivity contribution in [1.82, 2.24) is 40.6 Å². The number of carbonyl (C=O) groups is 1. The van der Waals surface area contributed by atoms with Crippen molar-refractivity contribution in [1.29, 1.82) is 0 Å². The molecular formula is C18H24N10O2. The van der Waals surface area contributed by atoms with E-state index in [1.54, 1.807) is 18.5 Å². The number of anilines is 1. The van der Waals surface area contributed by atoms with Crippen molar-refractivity contribution in [3.63, 3.8) is 0 Å². The average molecular weight is 412 g/mol. The van der Waals surface area contributed by atoms with E-state index in [0.717, 1.165) is 31.5 Å². The molecule has 12 nitrogen and oxygen atoms in total. The molecule has 30 heavy (non-hydrogen) atoms. The van der Waals surface area contributed by atoms with Gasteiger partial charge in [0.15, 0.2) is 5.69 Å². The van der Waals surface area contributed by atoms with Gasteiger partial charge in [-0.1, -0.05) is 25.1 Å². The van der Waals surface area contributed by atoms with Gasteiger partial charge in [-0.3, -0.25) is 14.7 Å². The number of pyridine rings is 1. The third kappa shape index (κ3) is 5.03. The summed E-state index contributed by atoms with van der Waals surface area (Å²) in [5.41, 5.74) is 9.69. The Kier molecular flexibility index (Phi) is 7.16. The third-order valence-corrected chi connectivity index (χ3v) is 4.19. The molecule has 0 fully saturated rings. The molecule has 0 saturated heterocycles. The molecule has 3 rings (SSSR count). The molecule has 0 aliphatic heterocycles. The van der Waals surface area contributed by atoms with Crippen LogP contribution in [0.5, 0.6) is 0 Å². The maximum absolute atomic E-state index is 12.8. The van der Waals surface area contributed by atoms with Crippen LogP contribution in [-0.4, -0.2) is 60.4 Å². The van der Waals surface area contributed by atoms with Crippen molar-refractivity contribution in [3.05, 3.63) is 41.5 Å². The van der Waals surface area contributed by atoms with Gasteiger partial charge in [0, 0.05) is 24.5 Å². The summed E-state index contributed by atoms with van der Waals surface area (Å²) in [4.78, 5) is 19.0. The zero-order chi connectivity index (χ0) is 21.3. The van der Waals surface area contributed by atoms with Crippen LogP contribution in [-0.2, 0) is 6.54 Å². The molecule has 0 spiro atoms. The van der Waals surface area contributed by atoms with Crippen LogP contribution in [0, 0.1) is 0 Å². The summed E-state index contributed by atoms with van der Waals surface area (Å²) in [7, 11) is 0. The maximum Gasteiger partial charge on any atom is 0.293 e. The van der Waals surface area contributed by atoms with E-state index in [2.05, 4.69) is 59.5 Å². The molecule has 0 saturated carbocycles. The molecule has 3 heterocycles. The Labute approximate surface area is 173 Å². The molecular weight excluding hydrogens is 388 g/mol. The Balaban J connectivity index is 1.87. The van der Waals surface area contributed by atoms with E-state index in [1.165, 1.54) is 10.9 Å². The lowest BCUT2D eigenvalue weighted by atomic mass is 10.2. The molecule has 3 aromatic heterocycles. The zero-order valence-corrected chi connectivity index (χ0v) is 16.9. The number of nitrogens with two attached hydrogens (primary N) is 1. The fraction of sp³-hybridized carbons (Fsp3) is 0.389. The number of aromatic nitrogens is 6. The molecule has 12 heteroatoms. The Morgan fingerprint density at radius 1 is 1.33 bits per heavy atom. The summed E-state index contributed by atoms with van der Waals surface area (Å²) in [6, 6.07) is 3.59. The number of nitrogens with one attached hydrogen (secondary N) is 1. The summed E-state index contributed by atoms with van der Waals surface area (Å²) < 4.78 is 6.06. The summed E-state index contributed by atoms with van der Waals surface area (Å²) >= 11 is 0. The molecule has 0 aromatic carbocycles. The van der Waals surface area contributed by atoms with Crippen molar-refractivity contribution in [2.75, 3.05) is 18.8 Å². The quantitative estimate of drug-likeness (QED) is 0.367. The van der Waals surface area contributed by atoms with Gasteiger partial charge in [-0.2, -0.15) is 9.78 Å². The fourth-order valence-corrected chi connectivity index (χ4v) is 2.91. The maximum atomic E-state index is 12.8. The molecule has 3 aromatic rings. The Morgan fingerprint density at radius 2 is 2.13 bits per heavy atom. The third-order valence-electron chi connectivity index (χ3n) is 4.19. The number of nitrogens with zero attached hydrogens (tertiary/aromatic N) is 8. The van der Waals surface area contributed by atoms with Crippen LogP contribution in [0.15, 0.2) is 34.3 Å². The van der Waals surface area contributed by atoms with E-state index < -0.39 is 5.91 Å². The van der Waals surface area contributed by atoms with Crippen LogP contribution in [0.2, 0.25) is 0 Å². The molecule has 158 valence electrons. The highest BCUT2D eigenvalue weighted by Gasteiger charge is 2.25. The van der Waals surface area contributed by atoms with Crippen LogP contribution in [0.1, 0.15) is 48.4 Å². The lowest BCUT2D eigenvalue weighted by Gasteiger charge is -2.21. The number of rotatable bonds is 10. The molecule has 3 N–H and O–H groups in total. The predicted octanol–water partition coefficient (Wildman–Crippen LogP) is 1.01. The minimum absolute atomic E-state index is 0.0558. The standard InChI is InChI=1S/C18H24N10O2/c1-3-8-27(9-4-2)12-14-15(22-26-28(14)17-16(19)24-30-25-17)18(29)23-21-11-13-6-5-7-20-10-13/h5-7,10-11H,3-4,8-9,12H2,1-2H3,(H2,19,24)(H,23,29)/b21-11+.